The van der Waals surface area contributed by atoms with Gasteiger partial charge in [-0.15, -0.1) is 0 Å². The van der Waals surface area contributed by atoms with Gasteiger partial charge in [0.15, 0.2) is 0 Å². The fourth-order valence-corrected chi connectivity index (χ4v) is 3.87. The van der Waals surface area contributed by atoms with E-state index >= 15 is 0 Å². The summed E-state index contributed by atoms with van der Waals surface area (Å²) < 4.78 is 1.25. The van der Waals surface area contributed by atoms with Crippen LogP contribution in [0.3, 0.4) is 0 Å². The minimum absolute atomic E-state index is 0.127. The number of likely N-dealkylation sites (tertiary alicyclic amines) is 1. The first kappa shape index (κ1) is 19.0. The van der Waals surface area contributed by atoms with E-state index in [1.54, 1.807) is 18.2 Å². The monoisotopic (exact) mass is 488 g/mol. The number of carbonyl (C=O) groups excluding carboxylic acids is 1. The first-order chi connectivity index (χ1) is 12.0. The molecule has 0 bridgehead atoms. The van der Waals surface area contributed by atoms with E-state index in [4.69, 9.17) is 23.2 Å². The first-order valence-corrected chi connectivity index (χ1v) is 10.1. The zero-order chi connectivity index (χ0) is 17.8. The fourth-order valence-electron chi connectivity index (χ4n) is 3.02. The molecule has 1 heterocycles. The van der Waals surface area contributed by atoms with Crippen molar-refractivity contribution in [2.45, 2.75) is 25.4 Å². The molecule has 2 aromatic rings. The van der Waals surface area contributed by atoms with Crippen LogP contribution in [-0.2, 0) is 6.54 Å². The van der Waals surface area contributed by atoms with Crippen LogP contribution in [0.5, 0.6) is 0 Å². The molecule has 2 aromatic carbocycles. The van der Waals surface area contributed by atoms with Crippen molar-refractivity contribution in [1.82, 2.24) is 10.2 Å². The predicted molar refractivity (Wildman–Crippen MR) is 111 cm³/mol. The van der Waals surface area contributed by atoms with Crippen molar-refractivity contribution in [1.29, 1.82) is 0 Å². The van der Waals surface area contributed by atoms with E-state index in [-0.39, 0.29) is 11.9 Å². The van der Waals surface area contributed by atoms with Gasteiger partial charge in [-0.25, -0.2) is 0 Å². The molecule has 1 fully saturated rings. The Hall–Kier alpha value is -0.820. The summed E-state index contributed by atoms with van der Waals surface area (Å²) in [5.41, 5.74) is 1.81. The lowest BCUT2D eigenvalue weighted by molar-refractivity contribution is 0.0909. The third-order valence-electron chi connectivity index (χ3n) is 4.42. The Morgan fingerprint density at radius 3 is 2.44 bits per heavy atom. The standard InChI is InChI=1S/C19H19Cl2IN2O/c20-14-3-6-17(18(21)11-14)19(25)23-16-7-9-24(10-8-16)12-13-1-4-15(22)5-2-13/h1-6,11,16H,7-10,12H2,(H,23,25). The summed E-state index contributed by atoms with van der Waals surface area (Å²) in [4.78, 5) is 14.8. The highest BCUT2D eigenvalue weighted by molar-refractivity contribution is 14.1. The molecular weight excluding hydrogens is 470 g/mol. The van der Waals surface area contributed by atoms with Gasteiger partial charge in [-0.3, -0.25) is 9.69 Å². The number of halogens is 3. The minimum atomic E-state index is -0.127. The zero-order valence-corrected chi connectivity index (χ0v) is 17.3. The molecule has 0 saturated carbocycles. The summed E-state index contributed by atoms with van der Waals surface area (Å²) in [6.45, 7) is 2.91. The van der Waals surface area contributed by atoms with Crippen molar-refractivity contribution in [3.63, 3.8) is 0 Å². The lowest BCUT2D eigenvalue weighted by atomic mass is 10.0. The van der Waals surface area contributed by atoms with E-state index in [1.165, 1.54) is 9.13 Å². The van der Waals surface area contributed by atoms with Gasteiger partial charge in [0.25, 0.3) is 5.91 Å². The van der Waals surface area contributed by atoms with E-state index in [0.29, 0.717) is 15.6 Å². The van der Waals surface area contributed by atoms with Crippen molar-refractivity contribution in [3.8, 4) is 0 Å². The molecule has 6 heteroatoms. The molecule has 1 aliphatic heterocycles. The number of hydrogen-bond acceptors (Lipinski definition) is 2. The normalized spacial score (nSPS) is 16.0. The van der Waals surface area contributed by atoms with Crippen LogP contribution in [0.1, 0.15) is 28.8 Å². The topological polar surface area (TPSA) is 32.3 Å². The number of nitrogens with zero attached hydrogens (tertiary/aromatic N) is 1. The molecule has 1 amide bonds. The summed E-state index contributed by atoms with van der Waals surface area (Å²) in [7, 11) is 0. The van der Waals surface area contributed by atoms with Gasteiger partial charge in [-0.1, -0.05) is 35.3 Å². The number of amides is 1. The predicted octanol–water partition coefficient (Wildman–Crippen LogP) is 4.99. The first-order valence-electron chi connectivity index (χ1n) is 8.24. The highest BCUT2D eigenvalue weighted by Crippen LogP contribution is 2.22. The average molecular weight is 489 g/mol. The van der Waals surface area contributed by atoms with Gasteiger partial charge in [0, 0.05) is 34.3 Å². The summed E-state index contributed by atoms with van der Waals surface area (Å²) in [5, 5.41) is 4.02. The second-order valence-corrected chi connectivity index (χ2v) is 8.36. The third-order valence-corrected chi connectivity index (χ3v) is 5.68. The van der Waals surface area contributed by atoms with Crippen molar-refractivity contribution in [3.05, 3.63) is 67.2 Å². The van der Waals surface area contributed by atoms with Crippen molar-refractivity contribution in [2.24, 2.45) is 0 Å². The van der Waals surface area contributed by atoms with E-state index in [9.17, 15) is 4.79 Å². The van der Waals surface area contributed by atoms with Crippen LogP contribution in [0, 0.1) is 3.57 Å². The molecule has 0 atom stereocenters. The van der Waals surface area contributed by atoms with Gasteiger partial charge in [-0.05, 0) is 71.3 Å². The maximum absolute atomic E-state index is 12.4. The molecule has 0 aromatic heterocycles. The highest BCUT2D eigenvalue weighted by Gasteiger charge is 2.22. The third kappa shape index (κ3) is 5.33. The van der Waals surface area contributed by atoms with Crippen molar-refractivity contribution in [2.75, 3.05) is 13.1 Å². The number of carbonyl (C=O) groups is 1. The lowest BCUT2D eigenvalue weighted by Gasteiger charge is -2.32. The van der Waals surface area contributed by atoms with E-state index in [0.717, 1.165) is 32.5 Å². The summed E-state index contributed by atoms with van der Waals surface area (Å²) in [5.74, 6) is -0.127. The summed E-state index contributed by atoms with van der Waals surface area (Å²) in [6, 6.07) is 13.8. The fraction of sp³-hybridized carbons (Fsp3) is 0.316. The number of benzene rings is 2. The van der Waals surface area contributed by atoms with Gasteiger partial charge >= 0.3 is 0 Å². The molecule has 0 spiro atoms. The molecule has 1 saturated heterocycles. The van der Waals surface area contributed by atoms with Crippen LogP contribution in [-0.4, -0.2) is 29.9 Å². The van der Waals surface area contributed by atoms with Crippen LogP contribution in [0.15, 0.2) is 42.5 Å². The molecule has 1 N–H and O–H groups in total. The molecule has 0 unspecified atom stereocenters. The number of nitrogens with one attached hydrogen (secondary N) is 1. The maximum Gasteiger partial charge on any atom is 0.253 e. The van der Waals surface area contributed by atoms with Gasteiger partial charge in [0.05, 0.1) is 10.6 Å². The lowest BCUT2D eigenvalue weighted by Crippen LogP contribution is -2.44. The van der Waals surface area contributed by atoms with Crippen molar-refractivity contribution >= 4 is 51.7 Å². The Balaban J connectivity index is 1.50. The molecule has 0 aliphatic carbocycles. The molecule has 25 heavy (non-hydrogen) atoms. The second kappa shape index (κ2) is 8.71. The number of rotatable bonds is 4. The Labute approximate surface area is 171 Å². The number of hydrogen-bond donors (Lipinski definition) is 1. The van der Waals surface area contributed by atoms with E-state index in [2.05, 4.69) is 57.1 Å². The minimum Gasteiger partial charge on any atom is -0.349 e. The Bertz CT molecular complexity index is 744. The summed E-state index contributed by atoms with van der Waals surface area (Å²) in [6.07, 6.45) is 1.89. The largest absolute Gasteiger partial charge is 0.349 e. The quantitative estimate of drug-likeness (QED) is 0.614. The second-order valence-electron chi connectivity index (χ2n) is 6.27. The Morgan fingerprint density at radius 2 is 1.80 bits per heavy atom. The maximum atomic E-state index is 12.4. The van der Waals surface area contributed by atoms with Crippen LogP contribution in [0.25, 0.3) is 0 Å². The number of piperidine rings is 1. The SMILES string of the molecule is O=C(NC1CCN(Cc2ccc(I)cc2)CC1)c1ccc(Cl)cc1Cl. The highest BCUT2D eigenvalue weighted by atomic mass is 127. The smallest absolute Gasteiger partial charge is 0.253 e. The van der Waals surface area contributed by atoms with Gasteiger partial charge < -0.3 is 5.32 Å². The van der Waals surface area contributed by atoms with Gasteiger partial charge in [-0.2, -0.15) is 0 Å². The Morgan fingerprint density at radius 1 is 1.12 bits per heavy atom. The molecule has 132 valence electrons. The molecular formula is C19H19Cl2IN2O. The molecule has 3 nitrogen and oxygen atoms in total. The van der Waals surface area contributed by atoms with Gasteiger partial charge in [0.1, 0.15) is 0 Å². The molecule has 1 aliphatic rings. The zero-order valence-electron chi connectivity index (χ0n) is 13.6. The van der Waals surface area contributed by atoms with Gasteiger partial charge in [0.2, 0.25) is 0 Å². The van der Waals surface area contributed by atoms with E-state index < -0.39 is 0 Å². The molecule has 3 rings (SSSR count). The van der Waals surface area contributed by atoms with Crippen LogP contribution >= 0.6 is 45.8 Å². The van der Waals surface area contributed by atoms with Crippen LogP contribution in [0.4, 0.5) is 0 Å². The van der Waals surface area contributed by atoms with Crippen molar-refractivity contribution < 1.29 is 4.79 Å². The Kier molecular flexibility index (Phi) is 6.61. The summed E-state index contributed by atoms with van der Waals surface area (Å²) >= 11 is 14.3. The van der Waals surface area contributed by atoms with E-state index in [1.807, 2.05) is 0 Å². The average Bonchev–Trinajstić information content (AvgIpc) is 2.58. The van der Waals surface area contributed by atoms with Crippen LogP contribution < -0.4 is 5.32 Å². The molecule has 0 radical (unpaired) electrons. The van der Waals surface area contributed by atoms with Crippen LogP contribution in [0.2, 0.25) is 10.0 Å².